The van der Waals surface area contributed by atoms with E-state index in [1.807, 2.05) is 12.1 Å². The molecule has 0 atom stereocenters. The van der Waals surface area contributed by atoms with E-state index in [1.54, 1.807) is 17.3 Å². The molecule has 2 heterocycles. The van der Waals surface area contributed by atoms with Gasteiger partial charge in [-0.1, -0.05) is 6.07 Å². The van der Waals surface area contributed by atoms with Crippen molar-refractivity contribution in [3.63, 3.8) is 0 Å². The maximum atomic E-state index is 11.7. The molecule has 0 saturated carbocycles. The van der Waals surface area contributed by atoms with Crippen LogP contribution in [0.3, 0.4) is 0 Å². The fourth-order valence-corrected chi connectivity index (χ4v) is 1.96. The van der Waals surface area contributed by atoms with Crippen molar-refractivity contribution in [1.82, 2.24) is 15.2 Å². The second-order valence-electron chi connectivity index (χ2n) is 4.41. The number of nitrogens with one attached hydrogen (secondary N) is 1. The smallest absolute Gasteiger partial charge is 0.239 e. The van der Waals surface area contributed by atoms with Crippen LogP contribution >= 0.6 is 0 Å². The van der Waals surface area contributed by atoms with Crippen LogP contribution in [0.1, 0.15) is 24.8 Å². The van der Waals surface area contributed by atoms with Crippen molar-refractivity contribution in [3.05, 3.63) is 30.1 Å². The Morgan fingerprint density at radius 2 is 2.33 bits per heavy atom. The third-order valence-electron chi connectivity index (χ3n) is 2.97. The van der Waals surface area contributed by atoms with E-state index in [0.29, 0.717) is 19.5 Å². The molecule has 1 saturated heterocycles. The Labute approximate surface area is 106 Å². The van der Waals surface area contributed by atoms with Gasteiger partial charge in [0.05, 0.1) is 6.54 Å². The lowest BCUT2D eigenvalue weighted by molar-refractivity contribution is -0.137. The van der Waals surface area contributed by atoms with Gasteiger partial charge in [0.15, 0.2) is 0 Å². The van der Waals surface area contributed by atoms with Crippen LogP contribution in [-0.4, -0.2) is 34.8 Å². The fourth-order valence-electron chi connectivity index (χ4n) is 1.96. The van der Waals surface area contributed by atoms with E-state index in [2.05, 4.69) is 10.3 Å². The Morgan fingerprint density at radius 3 is 3.06 bits per heavy atom. The number of carbonyl (C=O) groups excluding carboxylic acids is 2. The van der Waals surface area contributed by atoms with Gasteiger partial charge in [-0.2, -0.15) is 0 Å². The summed E-state index contributed by atoms with van der Waals surface area (Å²) in [4.78, 5) is 28.8. The van der Waals surface area contributed by atoms with E-state index in [4.69, 9.17) is 0 Å². The van der Waals surface area contributed by atoms with Crippen molar-refractivity contribution in [2.45, 2.75) is 25.8 Å². The maximum Gasteiger partial charge on any atom is 0.239 e. The summed E-state index contributed by atoms with van der Waals surface area (Å²) >= 11 is 0. The van der Waals surface area contributed by atoms with Gasteiger partial charge >= 0.3 is 0 Å². The van der Waals surface area contributed by atoms with Gasteiger partial charge in [0, 0.05) is 31.9 Å². The summed E-state index contributed by atoms with van der Waals surface area (Å²) in [7, 11) is 0. The lowest BCUT2D eigenvalue weighted by Gasteiger charge is -2.25. The molecule has 2 amide bonds. The van der Waals surface area contributed by atoms with E-state index in [1.165, 1.54) is 0 Å². The highest BCUT2D eigenvalue weighted by Crippen LogP contribution is 2.09. The van der Waals surface area contributed by atoms with Crippen LogP contribution in [0.4, 0.5) is 0 Å². The maximum absolute atomic E-state index is 11.7. The van der Waals surface area contributed by atoms with Gasteiger partial charge < -0.3 is 10.2 Å². The van der Waals surface area contributed by atoms with Crippen molar-refractivity contribution in [2.24, 2.45) is 0 Å². The summed E-state index contributed by atoms with van der Waals surface area (Å²) in [5.74, 6) is -0.0353. The number of hydrogen-bond donors (Lipinski definition) is 1. The third kappa shape index (κ3) is 3.55. The minimum absolute atomic E-state index is 0.0813. The number of piperidine rings is 1. The largest absolute Gasteiger partial charge is 0.350 e. The second-order valence-corrected chi connectivity index (χ2v) is 4.41. The molecule has 1 aromatic heterocycles. The van der Waals surface area contributed by atoms with Crippen LogP contribution in [0.15, 0.2) is 24.5 Å². The molecule has 0 aromatic carbocycles. The van der Waals surface area contributed by atoms with Gasteiger partial charge in [0.1, 0.15) is 0 Å². The molecule has 1 fully saturated rings. The van der Waals surface area contributed by atoms with Crippen LogP contribution < -0.4 is 5.32 Å². The summed E-state index contributed by atoms with van der Waals surface area (Å²) < 4.78 is 0. The third-order valence-corrected chi connectivity index (χ3v) is 2.97. The zero-order chi connectivity index (χ0) is 12.8. The normalized spacial score (nSPS) is 15.6. The first-order valence-corrected chi connectivity index (χ1v) is 6.19. The quantitative estimate of drug-likeness (QED) is 0.852. The molecule has 2 rings (SSSR count). The van der Waals surface area contributed by atoms with Crippen LogP contribution in [-0.2, 0) is 16.1 Å². The molecule has 1 N–H and O–H groups in total. The first-order chi connectivity index (χ1) is 8.75. The number of carbonyl (C=O) groups is 2. The fraction of sp³-hybridized carbons (Fsp3) is 0.462. The van der Waals surface area contributed by atoms with Gasteiger partial charge in [-0.25, -0.2) is 0 Å². The number of likely N-dealkylation sites (tertiary alicyclic amines) is 1. The monoisotopic (exact) mass is 247 g/mol. The van der Waals surface area contributed by atoms with Crippen LogP contribution in [0.25, 0.3) is 0 Å². The van der Waals surface area contributed by atoms with Gasteiger partial charge in [-0.15, -0.1) is 0 Å². The van der Waals surface area contributed by atoms with Crippen molar-refractivity contribution < 1.29 is 9.59 Å². The van der Waals surface area contributed by atoms with Crippen molar-refractivity contribution in [1.29, 1.82) is 0 Å². The molecule has 0 radical (unpaired) electrons. The Hall–Kier alpha value is -1.91. The number of amides is 2. The van der Waals surface area contributed by atoms with E-state index < -0.39 is 0 Å². The molecule has 0 unspecified atom stereocenters. The van der Waals surface area contributed by atoms with Crippen molar-refractivity contribution in [3.8, 4) is 0 Å². The molecule has 1 aliphatic heterocycles. The van der Waals surface area contributed by atoms with Crippen LogP contribution in [0.2, 0.25) is 0 Å². The van der Waals surface area contributed by atoms with E-state index >= 15 is 0 Å². The molecule has 18 heavy (non-hydrogen) atoms. The molecule has 1 aromatic rings. The highest BCUT2D eigenvalue weighted by atomic mass is 16.2. The van der Waals surface area contributed by atoms with Gasteiger partial charge in [0.25, 0.3) is 0 Å². The zero-order valence-corrected chi connectivity index (χ0v) is 10.3. The summed E-state index contributed by atoms with van der Waals surface area (Å²) in [6.45, 7) is 1.31. The SMILES string of the molecule is O=C(CN1CCCCC1=O)NCc1cccnc1. The van der Waals surface area contributed by atoms with Crippen molar-refractivity contribution >= 4 is 11.8 Å². The standard InChI is InChI=1S/C13H17N3O2/c17-12(10-16-7-2-1-5-13(16)18)15-9-11-4-3-6-14-8-11/h3-4,6,8H,1-2,5,7,9-10H2,(H,15,17). The van der Waals surface area contributed by atoms with E-state index in [9.17, 15) is 9.59 Å². The van der Waals surface area contributed by atoms with Crippen molar-refractivity contribution in [2.75, 3.05) is 13.1 Å². The lowest BCUT2D eigenvalue weighted by Crippen LogP contribution is -2.42. The molecule has 0 bridgehead atoms. The summed E-state index contributed by atoms with van der Waals surface area (Å²) in [5, 5.41) is 2.79. The second kappa shape index (κ2) is 6.14. The lowest BCUT2D eigenvalue weighted by atomic mass is 10.1. The molecule has 96 valence electrons. The van der Waals surface area contributed by atoms with Gasteiger partial charge in [-0.05, 0) is 24.5 Å². The molecule has 5 nitrogen and oxygen atoms in total. The first-order valence-electron chi connectivity index (χ1n) is 6.19. The topological polar surface area (TPSA) is 62.3 Å². The van der Waals surface area contributed by atoms with Crippen LogP contribution in [0.5, 0.6) is 0 Å². The predicted molar refractivity (Wildman–Crippen MR) is 66.5 cm³/mol. The highest BCUT2D eigenvalue weighted by Gasteiger charge is 2.19. The first kappa shape index (κ1) is 12.5. The average molecular weight is 247 g/mol. The Balaban J connectivity index is 1.76. The van der Waals surface area contributed by atoms with Gasteiger partial charge in [-0.3, -0.25) is 14.6 Å². The van der Waals surface area contributed by atoms with Gasteiger partial charge in [0.2, 0.25) is 11.8 Å². The average Bonchev–Trinajstić information content (AvgIpc) is 2.40. The minimum atomic E-state index is -0.117. The number of hydrogen-bond acceptors (Lipinski definition) is 3. The summed E-state index contributed by atoms with van der Waals surface area (Å²) in [6.07, 6.45) is 5.90. The molecule has 5 heteroatoms. The molecular formula is C13H17N3O2. The molecule has 1 aliphatic rings. The minimum Gasteiger partial charge on any atom is -0.350 e. The van der Waals surface area contributed by atoms with E-state index in [-0.39, 0.29) is 18.4 Å². The summed E-state index contributed by atoms with van der Waals surface area (Å²) in [5.41, 5.74) is 0.954. The Kier molecular flexibility index (Phi) is 4.28. The zero-order valence-electron chi connectivity index (χ0n) is 10.3. The highest BCUT2D eigenvalue weighted by molar-refractivity contribution is 5.85. The Morgan fingerprint density at radius 1 is 1.44 bits per heavy atom. The predicted octanol–water partition coefficient (Wildman–Crippen LogP) is 0.710. The van der Waals surface area contributed by atoms with Crippen LogP contribution in [0, 0.1) is 0 Å². The molecule has 0 spiro atoms. The number of nitrogens with zero attached hydrogens (tertiary/aromatic N) is 2. The number of aromatic nitrogens is 1. The molecule has 0 aliphatic carbocycles. The molecular weight excluding hydrogens is 230 g/mol. The Bertz CT molecular complexity index is 420. The van der Waals surface area contributed by atoms with E-state index in [0.717, 1.165) is 18.4 Å². The summed E-state index contributed by atoms with van der Waals surface area (Å²) in [6, 6.07) is 3.73. The number of rotatable bonds is 4. The number of pyridine rings is 1.